The summed E-state index contributed by atoms with van der Waals surface area (Å²) in [6.45, 7) is 7.66. The van der Waals surface area contributed by atoms with E-state index < -0.39 is 0 Å². The van der Waals surface area contributed by atoms with Gasteiger partial charge >= 0.3 is 0 Å². The van der Waals surface area contributed by atoms with Crippen LogP contribution in [0.5, 0.6) is 0 Å². The minimum absolute atomic E-state index is 0.0658. The van der Waals surface area contributed by atoms with E-state index in [0.717, 1.165) is 25.8 Å². The molecule has 1 saturated carbocycles. The number of aliphatic hydroxyl groups excluding tert-OH is 1. The fourth-order valence-corrected chi connectivity index (χ4v) is 3.92. The molecule has 1 aliphatic rings. The van der Waals surface area contributed by atoms with Crippen molar-refractivity contribution >= 4 is 0 Å². The third-order valence-electron chi connectivity index (χ3n) is 5.31. The zero-order chi connectivity index (χ0) is 14.8. The first kappa shape index (κ1) is 15.5. The lowest BCUT2D eigenvalue weighted by Crippen LogP contribution is -2.49. The molecule has 1 heterocycles. The van der Waals surface area contributed by atoms with Gasteiger partial charge in [-0.2, -0.15) is 5.10 Å². The van der Waals surface area contributed by atoms with Gasteiger partial charge in [0, 0.05) is 17.8 Å². The normalized spacial score (nSPS) is 26.4. The second-order valence-electron chi connectivity index (χ2n) is 6.17. The highest BCUT2D eigenvalue weighted by Crippen LogP contribution is 2.37. The third kappa shape index (κ3) is 2.63. The molecule has 2 atom stereocenters. The Labute approximate surface area is 122 Å². The summed E-state index contributed by atoms with van der Waals surface area (Å²) in [5.41, 5.74) is 3.79. The van der Waals surface area contributed by atoms with Gasteiger partial charge in [-0.05, 0) is 58.1 Å². The lowest BCUT2D eigenvalue weighted by atomic mass is 9.85. The van der Waals surface area contributed by atoms with E-state index in [-0.39, 0.29) is 12.1 Å². The van der Waals surface area contributed by atoms with Crippen molar-refractivity contribution in [1.82, 2.24) is 15.1 Å². The van der Waals surface area contributed by atoms with Crippen LogP contribution in [-0.4, -0.2) is 34.1 Å². The van der Waals surface area contributed by atoms with E-state index in [4.69, 9.17) is 0 Å². The Morgan fingerprint density at radius 2 is 2.20 bits per heavy atom. The van der Waals surface area contributed by atoms with Crippen molar-refractivity contribution in [2.45, 2.75) is 65.0 Å². The topological polar surface area (TPSA) is 50.1 Å². The smallest absolute Gasteiger partial charge is 0.0628 e. The first-order valence-electron chi connectivity index (χ1n) is 7.90. The highest BCUT2D eigenvalue weighted by atomic mass is 16.3. The fourth-order valence-electron chi connectivity index (χ4n) is 3.92. The van der Waals surface area contributed by atoms with Crippen LogP contribution in [0.15, 0.2) is 0 Å². The summed E-state index contributed by atoms with van der Waals surface area (Å²) in [5.74, 6) is 0.548. The van der Waals surface area contributed by atoms with Crippen LogP contribution in [0.1, 0.15) is 49.6 Å². The van der Waals surface area contributed by atoms with Crippen LogP contribution in [0.2, 0.25) is 0 Å². The molecule has 1 aromatic heterocycles. The summed E-state index contributed by atoms with van der Waals surface area (Å²) >= 11 is 0. The molecule has 0 amide bonds. The van der Waals surface area contributed by atoms with Gasteiger partial charge in [-0.15, -0.1) is 0 Å². The number of nitrogens with one attached hydrogen (secondary N) is 1. The molecule has 2 unspecified atom stereocenters. The summed E-state index contributed by atoms with van der Waals surface area (Å²) in [6.07, 6.45) is 5.65. The number of rotatable bonds is 6. The Morgan fingerprint density at radius 3 is 2.75 bits per heavy atom. The molecule has 0 aromatic carbocycles. The van der Waals surface area contributed by atoms with E-state index in [1.807, 2.05) is 7.05 Å². The van der Waals surface area contributed by atoms with Crippen molar-refractivity contribution in [3.05, 3.63) is 17.0 Å². The van der Waals surface area contributed by atoms with Gasteiger partial charge in [0.2, 0.25) is 0 Å². The van der Waals surface area contributed by atoms with Gasteiger partial charge in [0.1, 0.15) is 0 Å². The predicted octanol–water partition coefficient (Wildman–Crippen LogP) is 2.20. The van der Waals surface area contributed by atoms with Crippen molar-refractivity contribution in [2.24, 2.45) is 5.92 Å². The van der Waals surface area contributed by atoms with Gasteiger partial charge in [0.05, 0.1) is 12.3 Å². The minimum Gasteiger partial charge on any atom is -0.394 e. The second kappa shape index (κ2) is 6.27. The van der Waals surface area contributed by atoms with Gasteiger partial charge < -0.3 is 10.4 Å². The van der Waals surface area contributed by atoms with E-state index in [1.165, 1.54) is 29.8 Å². The molecule has 20 heavy (non-hydrogen) atoms. The zero-order valence-corrected chi connectivity index (χ0v) is 13.4. The van der Waals surface area contributed by atoms with Gasteiger partial charge in [-0.1, -0.05) is 13.3 Å². The van der Waals surface area contributed by atoms with Crippen LogP contribution in [0.3, 0.4) is 0 Å². The van der Waals surface area contributed by atoms with Crippen LogP contribution in [0.4, 0.5) is 0 Å². The number of nitrogens with zero attached hydrogens (tertiary/aromatic N) is 2. The molecule has 0 radical (unpaired) electrons. The quantitative estimate of drug-likeness (QED) is 0.839. The van der Waals surface area contributed by atoms with Crippen LogP contribution in [0.25, 0.3) is 0 Å². The highest BCUT2D eigenvalue weighted by Gasteiger charge is 2.40. The second-order valence-corrected chi connectivity index (χ2v) is 6.17. The van der Waals surface area contributed by atoms with Crippen LogP contribution in [0, 0.1) is 19.8 Å². The molecule has 0 saturated heterocycles. The van der Waals surface area contributed by atoms with Crippen molar-refractivity contribution < 1.29 is 5.11 Å². The highest BCUT2D eigenvalue weighted by molar-refractivity contribution is 5.24. The average molecular weight is 279 g/mol. The molecule has 1 fully saturated rings. The maximum Gasteiger partial charge on any atom is 0.0628 e. The van der Waals surface area contributed by atoms with Crippen molar-refractivity contribution in [3.63, 3.8) is 0 Å². The summed E-state index contributed by atoms with van der Waals surface area (Å²) in [4.78, 5) is 0. The molecule has 2 rings (SSSR count). The Balaban J connectivity index is 2.05. The van der Waals surface area contributed by atoms with E-state index in [2.05, 4.69) is 35.9 Å². The minimum atomic E-state index is -0.0658. The van der Waals surface area contributed by atoms with E-state index >= 15 is 0 Å². The zero-order valence-electron chi connectivity index (χ0n) is 13.4. The maximum atomic E-state index is 9.74. The number of likely N-dealkylation sites (N-methyl/N-ethyl adjacent to an activating group) is 1. The van der Waals surface area contributed by atoms with Crippen LogP contribution in [-0.2, 0) is 13.0 Å². The molecule has 2 N–H and O–H groups in total. The van der Waals surface area contributed by atoms with Crippen LogP contribution < -0.4 is 5.32 Å². The molecule has 1 aliphatic carbocycles. The number of aromatic nitrogens is 2. The Kier molecular flexibility index (Phi) is 4.86. The molecule has 0 bridgehead atoms. The van der Waals surface area contributed by atoms with Gasteiger partial charge in [0.25, 0.3) is 0 Å². The molecule has 0 spiro atoms. The number of aliphatic hydroxyl groups is 1. The van der Waals surface area contributed by atoms with Crippen molar-refractivity contribution in [3.8, 4) is 0 Å². The van der Waals surface area contributed by atoms with Gasteiger partial charge in [-0.25, -0.2) is 0 Å². The summed E-state index contributed by atoms with van der Waals surface area (Å²) < 4.78 is 2.16. The number of aryl methyl sites for hydroxylation is 2. The Hall–Kier alpha value is -0.870. The lowest BCUT2D eigenvalue weighted by Gasteiger charge is -2.33. The first-order chi connectivity index (χ1) is 9.57. The van der Waals surface area contributed by atoms with Gasteiger partial charge in [0.15, 0.2) is 0 Å². The molecule has 4 heteroatoms. The van der Waals surface area contributed by atoms with Crippen molar-refractivity contribution in [1.29, 1.82) is 0 Å². The number of hydrogen-bond acceptors (Lipinski definition) is 3. The molecule has 114 valence electrons. The maximum absolute atomic E-state index is 9.74. The Morgan fingerprint density at radius 1 is 1.45 bits per heavy atom. The van der Waals surface area contributed by atoms with Crippen LogP contribution >= 0.6 is 0 Å². The number of hydrogen-bond donors (Lipinski definition) is 2. The molecular formula is C16H29N3O. The van der Waals surface area contributed by atoms with Gasteiger partial charge in [-0.3, -0.25) is 4.68 Å². The summed E-state index contributed by atoms with van der Waals surface area (Å²) in [7, 11) is 1.98. The largest absolute Gasteiger partial charge is 0.394 e. The first-order valence-corrected chi connectivity index (χ1v) is 7.90. The third-order valence-corrected chi connectivity index (χ3v) is 5.31. The molecular weight excluding hydrogens is 250 g/mol. The predicted molar refractivity (Wildman–Crippen MR) is 81.9 cm³/mol. The fraction of sp³-hybridized carbons (Fsp3) is 0.812. The average Bonchev–Trinajstić information content (AvgIpc) is 2.98. The molecule has 0 aliphatic heterocycles. The summed E-state index contributed by atoms with van der Waals surface area (Å²) in [5, 5.41) is 17.8. The standard InChI is InChI=1S/C16H29N3O/c1-5-15-12(2)18-19(13(15)3)10-8-14-7-6-9-16(14,11-20)17-4/h14,17,20H,5-11H2,1-4H3. The molecule has 1 aromatic rings. The summed E-state index contributed by atoms with van der Waals surface area (Å²) in [6, 6.07) is 0. The SMILES string of the molecule is CCc1c(C)nn(CCC2CCCC2(CO)NC)c1C. The van der Waals surface area contributed by atoms with E-state index in [1.54, 1.807) is 0 Å². The monoisotopic (exact) mass is 279 g/mol. The van der Waals surface area contributed by atoms with E-state index in [9.17, 15) is 5.11 Å². The van der Waals surface area contributed by atoms with E-state index in [0.29, 0.717) is 5.92 Å². The Bertz CT molecular complexity index is 449. The molecule has 4 nitrogen and oxygen atoms in total. The van der Waals surface area contributed by atoms with Crippen molar-refractivity contribution in [2.75, 3.05) is 13.7 Å². The lowest BCUT2D eigenvalue weighted by molar-refractivity contribution is 0.124.